The Morgan fingerprint density at radius 3 is 3.10 bits per heavy atom. The van der Waals surface area contributed by atoms with Crippen molar-refractivity contribution in [1.82, 2.24) is 20.6 Å². The van der Waals surface area contributed by atoms with E-state index in [0.29, 0.717) is 17.9 Å². The van der Waals surface area contributed by atoms with Crippen LogP contribution in [0.3, 0.4) is 0 Å². The van der Waals surface area contributed by atoms with Gasteiger partial charge in [0, 0.05) is 0 Å². The molecule has 1 amide bonds. The Morgan fingerprint density at radius 1 is 1.60 bits per heavy atom. The van der Waals surface area contributed by atoms with Crippen LogP contribution in [0, 0.1) is 0 Å². The first kappa shape index (κ1) is 13.5. The van der Waals surface area contributed by atoms with Crippen LogP contribution in [0.25, 0.3) is 0 Å². The first-order chi connectivity index (χ1) is 9.70. The molecule has 0 saturated heterocycles. The first-order valence-electron chi connectivity index (χ1n) is 5.85. The molecule has 2 rings (SSSR count). The van der Waals surface area contributed by atoms with E-state index in [4.69, 9.17) is 4.74 Å². The van der Waals surface area contributed by atoms with Gasteiger partial charge in [0.1, 0.15) is 6.33 Å². The minimum Gasteiger partial charge on any atom is -0.504 e. The van der Waals surface area contributed by atoms with Crippen molar-refractivity contribution in [3.8, 4) is 11.5 Å². The number of hydrogen-bond acceptors (Lipinski definition) is 6. The highest BCUT2D eigenvalue weighted by atomic mass is 16.5. The molecule has 104 valence electrons. The average molecular weight is 275 g/mol. The topological polar surface area (TPSA) is 112 Å². The summed E-state index contributed by atoms with van der Waals surface area (Å²) in [5.41, 5.74) is 2.89. The Labute approximate surface area is 114 Å². The van der Waals surface area contributed by atoms with Gasteiger partial charge in [-0.1, -0.05) is 0 Å². The lowest BCUT2D eigenvalue weighted by molar-refractivity contribution is 0.0945. The molecule has 8 heteroatoms. The van der Waals surface area contributed by atoms with E-state index in [2.05, 4.69) is 25.7 Å². The predicted molar refractivity (Wildman–Crippen MR) is 70.7 cm³/mol. The summed E-state index contributed by atoms with van der Waals surface area (Å²) in [4.78, 5) is 15.2. The fraction of sp³-hybridized carbons (Fsp3) is 0.167. The number of phenolic OH excluding ortho intramolecular Hbond substituents is 1. The molecule has 0 aliphatic carbocycles. The van der Waals surface area contributed by atoms with Crippen LogP contribution in [0.15, 0.2) is 29.6 Å². The van der Waals surface area contributed by atoms with Gasteiger partial charge in [-0.2, -0.15) is 10.2 Å². The number of benzene rings is 1. The van der Waals surface area contributed by atoms with Gasteiger partial charge in [0.25, 0.3) is 0 Å². The van der Waals surface area contributed by atoms with Crippen molar-refractivity contribution in [3.63, 3.8) is 0 Å². The van der Waals surface area contributed by atoms with Gasteiger partial charge in [-0.3, -0.25) is 9.89 Å². The number of rotatable bonds is 5. The monoisotopic (exact) mass is 275 g/mol. The van der Waals surface area contributed by atoms with Crippen molar-refractivity contribution < 1.29 is 14.6 Å². The number of hydrazone groups is 1. The number of phenols is 1. The first-order valence-corrected chi connectivity index (χ1v) is 5.85. The molecule has 2 aromatic rings. The maximum absolute atomic E-state index is 11.5. The van der Waals surface area contributed by atoms with Crippen LogP contribution >= 0.6 is 0 Å². The maximum Gasteiger partial charge on any atom is 0.308 e. The van der Waals surface area contributed by atoms with E-state index in [9.17, 15) is 9.90 Å². The van der Waals surface area contributed by atoms with Gasteiger partial charge in [-0.25, -0.2) is 10.4 Å². The summed E-state index contributed by atoms with van der Waals surface area (Å²) in [7, 11) is 0. The molecule has 0 aliphatic heterocycles. The molecule has 0 bridgehead atoms. The van der Waals surface area contributed by atoms with E-state index in [1.165, 1.54) is 18.6 Å². The number of aromatic hydroxyl groups is 1. The second-order valence-electron chi connectivity index (χ2n) is 3.69. The van der Waals surface area contributed by atoms with Crippen LogP contribution in [0.1, 0.15) is 23.1 Å². The van der Waals surface area contributed by atoms with Crippen LogP contribution in [-0.2, 0) is 0 Å². The Hall–Kier alpha value is -2.90. The lowest BCUT2D eigenvalue weighted by atomic mass is 10.2. The van der Waals surface area contributed by atoms with E-state index in [-0.39, 0.29) is 11.6 Å². The maximum atomic E-state index is 11.5. The molecular weight excluding hydrogens is 262 g/mol. The molecule has 1 heterocycles. The smallest absolute Gasteiger partial charge is 0.308 e. The number of amides is 1. The van der Waals surface area contributed by atoms with E-state index >= 15 is 0 Å². The van der Waals surface area contributed by atoms with Gasteiger partial charge in [-0.15, -0.1) is 0 Å². The summed E-state index contributed by atoms with van der Waals surface area (Å²) in [5.74, 6) is -0.0293. The molecule has 0 saturated carbocycles. The zero-order valence-electron chi connectivity index (χ0n) is 10.7. The van der Waals surface area contributed by atoms with Crippen molar-refractivity contribution >= 4 is 12.1 Å². The van der Waals surface area contributed by atoms with Gasteiger partial charge in [-0.05, 0) is 30.7 Å². The standard InChI is InChI=1S/C12H13N5O3/c1-2-20-10-4-3-8(5-9(10)18)6-14-17-12(19)11-13-7-15-16-11/h3-7,18H,2H2,1H3,(H,17,19)(H,13,15,16)/b14-6-. The van der Waals surface area contributed by atoms with Crippen LogP contribution in [0.2, 0.25) is 0 Å². The number of hydrogen-bond donors (Lipinski definition) is 3. The minimum absolute atomic E-state index is 0.0114. The summed E-state index contributed by atoms with van der Waals surface area (Å²) >= 11 is 0. The van der Waals surface area contributed by atoms with Gasteiger partial charge in [0.05, 0.1) is 12.8 Å². The van der Waals surface area contributed by atoms with Crippen molar-refractivity contribution in [1.29, 1.82) is 0 Å². The van der Waals surface area contributed by atoms with Crippen molar-refractivity contribution in [2.75, 3.05) is 6.61 Å². The van der Waals surface area contributed by atoms with E-state index < -0.39 is 5.91 Å². The number of carbonyl (C=O) groups is 1. The van der Waals surface area contributed by atoms with Crippen LogP contribution < -0.4 is 10.2 Å². The van der Waals surface area contributed by atoms with E-state index in [1.54, 1.807) is 12.1 Å². The number of nitrogens with one attached hydrogen (secondary N) is 2. The number of nitrogens with zero attached hydrogens (tertiary/aromatic N) is 3. The van der Waals surface area contributed by atoms with Gasteiger partial charge >= 0.3 is 5.91 Å². The normalized spacial score (nSPS) is 10.7. The zero-order valence-corrected chi connectivity index (χ0v) is 10.7. The number of aromatic nitrogens is 3. The third-order valence-electron chi connectivity index (χ3n) is 2.29. The lowest BCUT2D eigenvalue weighted by Crippen LogP contribution is -2.19. The quantitative estimate of drug-likeness (QED) is 0.548. The van der Waals surface area contributed by atoms with Gasteiger partial charge < -0.3 is 9.84 Å². The largest absolute Gasteiger partial charge is 0.504 e. The third-order valence-corrected chi connectivity index (χ3v) is 2.29. The summed E-state index contributed by atoms with van der Waals surface area (Å²) in [6.45, 7) is 2.29. The Balaban J connectivity index is 1.98. The SMILES string of the molecule is CCOc1ccc(/C=N\NC(=O)c2ncn[nH]2)cc1O. The highest BCUT2D eigenvalue weighted by Crippen LogP contribution is 2.25. The van der Waals surface area contributed by atoms with Crippen LogP contribution in [-0.4, -0.2) is 39.0 Å². The Bertz CT molecular complexity index is 610. The molecule has 3 N–H and O–H groups in total. The molecule has 0 radical (unpaired) electrons. The zero-order chi connectivity index (χ0) is 14.4. The molecule has 8 nitrogen and oxygen atoms in total. The molecule has 0 atom stereocenters. The molecule has 0 aliphatic rings. The Kier molecular flexibility index (Phi) is 4.28. The van der Waals surface area contributed by atoms with Crippen molar-refractivity contribution in [2.24, 2.45) is 5.10 Å². The second-order valence-corrected chi connectivity index (χ2v) is 3.69. The fourth-order valence-electron chi connectivity index (χ4n) is 1.43. The Morgan fingerprint density at radius 2 is 2.45 bits per heavy atom. The lowest BCUT2D eigenvalue weighted by Gasteiger charge is -2.05. The number of aromatic amines is 1. The summed E-state index contributed by atoms with van der Waals surface area (Å²) in [6, 6.07) is 4.81. The summed E-state index contributed by atoms with van der Waals surface area (Å²) < 4.78 is 5.20. The fourth-order valence-corrected chi connectivity index (χ4v) is 1.43. The number of H-pyrrole nitrogens is 1. The molecular formula is C12H13N5O3. The molecule has 0 spiro atoms. The van der Waals surface area contributed by atoms with Crippen molar-refractivity contribution in [3.05, 3.63) is 35.9 Å². The predicted octanol–water partition coefficient (Wildman–Crippen LogP) is 0.673. The van der Waals surface area contributed by atoms with E-state index in [1.807, 2.05) is 6.92 Å². The molecule has 1 aromatic heterocycles. The van der Waals surface area contributed by atoms with Crippen LogP contribution in [0.5, 0.6) is 11.5 Å². The highest BCUT2D eigenvalue weighted by molar-refractivity contribution is 5.91. The van der Waals surface area contributed by atoms with E-state index in [0.717, 1.165) is 0 Å². The average Bonchev–Trinajstić information content (AvgIpc) is 2.96. The summed E-state index contributed by atoms with van der Waals surface area (Å²) in [5, 5.41) is 19.4. The highest BCUT2D eigenvalue weighted by Gasteiger charge is 2.06. The number of carbonyl (C=O) groups excluding carboxylic acids is 1. The molecule has 1 aromatic carbocycles. The van der Waals surface area contributed by atoms with Crippen LogP contribution in [0.4, 0.5) is 0 Å². The second kappa shape index (κ2) is 6.32. The van der Waals surface area contributed by atoms with Crippen molar-refractivity contribution in [2.45, 2.75) is 6.92 Å². The molecule has 0 unspecified atom stereocenters. The number of ether oxygens (including phenoxy) is 1. The third kappa shape index (κ3) is 3.31. The van der Waals surface area contributed by atoms with Gasteiger partial charge in [0.15, 0.2) is 11.5 Å². The summed E-state index contributed by atoms with van der Waals surface area (Å²) in [6.07, 6.45) is 2.62. The van der Waals surface area contributed by atoms with Gasteiger partial charge in [0.2, 0.25) is 5.82 Å². The molecule has 20 heavy (non-hydrogen) atoms. The minimum atomic E-state index is -0.506. The molecule has 0 fully saturated rings.